The van der Waals surface area contributed by atoms with Crippen LogP contribution < -0.4 is 0 Å². The molecule has 1 saturated carbocycles. The predicted octanol–water partition coefficient (Wildman–Crippen LogP) is 9.65. The molecule has 0 bridgehead atoms. The van der Waals surface area contributed by atoms with Crippen molar-refractivity contribution in [3.63, 3.8) is 0 Å². The first-order valence-electron chi connectivity index (χ1n) is 15.3. The van der Waals surface area contributed by atoms with Crippen LogP contribution in [0.4, 0.5) is 0 Å². The Morgan fingerprint density at radius 2 is 1.31 bits per heavy atom. The number of aliphatic carboxylic acids is 1. The van der Waals surface area contributed by atoms with Crippen molar-refractivity contribution in [2.45, 2.75) is 162 Å². The lowest BCUT2D eigenvalue weighted by Crippen LogP contribution is -2.31. The van der Waals surface area contributed by atoms with E-state index in [-0.39, 0.29) is 18.5 Å². The molecular formula is C32H58O4. The Morgan fingerprint density at radius 3 is 1.78 bits per heavy atom. The number of hydrogen-bond acceptors (Lipinski definition) is 3. The number of ether oxygens (including phenoxy) is 1. The van der Waals surface area contributed by atoms with Crippen molar-refractivity contribution in [1.29, 1.82) is 0 Å². The van der Waals surface area contributed by atoms with Crippen molar-refractivity contribution in [3.05, 3.63) is 12.2 Å². The number of unbranched alkanes of at least 4 members (excludes halogenated alkanes) is 13. The van der Waals surface area contributed by atoms with Gasteiger partial charge in [0.15, 0.2) is 0 Å². The third-order valence-electron chi connectivity index (χ3n) is 8.02. The van der Waals surface area contributed by atoms with Gasteiger partial charge in [-0.1, -0.05) is 117 Å². The highest BCUT2D eigenvalue weighted by Gasteiger charge is 2.31. The summed E-state index contributed by atoms with van der Waals surface area (Å²) in [6, 6.07) is 0. The fourth-order valence-corrected chi connectivity index (χ4v) is 5.41. The molecule has 1 atom stereocenters. The lowest BCUT2D eigenvalue weighted by Gasteiger charge is -2.36. The molecule has 0 heterocycles. The van der Waals surface area contributed by atoms with Crippen LogP contribution in [0.2, 0.25) is 0 Å². The minimum absolute atomic E-state index is 0.0301. The maximum Gasteiger partial charge on any atom is 0.307 e. The Kier molecular flexibility index (Phi) is 17.9. The summed E-state index contributed by atoms with van der Waals surface area (Å²) in [4.78, 5) is 24.0. The topological polar surface area (TPSA) is 63.6 Å². The Hall–Kier alpha value is -1.32. The van der Waals surface area contributed by atoms with Gasteiger partial charge in [0.2, 0.25) is 0 Å². The van der Waals surface area contributed by atoms with Crippen LogP contribution in [0.25, 0.3) is 0 Å². The molecular weight excluding hydrogens is 448 g/mol. The van der Waals surface area contributed by atoms with Crippen LogP contribution in [0.1, 0.15) is 156 Å². The molecule has 1 N–H and O–H groups in total. The van der Waals surface area contributed by atoms with E-state index >= 15 is 0 Å². The van der Waals surface area contributed by atoms with Crippen LogP contribution in [-0.2, 0) is 14.3 Å². The zero-order valence-electron chi connectivity index (χ0n) is 24.2. The average Bonchev–Trinajstić information content (AvgIpc) is 2.82. The molecule has 4 nitrogen and oxygen atoms in total. The number of carbonyl (C=O) groups excluding carboxylic acids is 1. The number of esters is 1. The lowest BCUT2D eigenvalue weighted by atomic mass is 9.72. The lowest BCUT2D eigenvalue weighted by molar-refractivity contribution is -0.156. The minimum Gasteiger partial charge on any atom is -0.481 e. The smallest absolute Gasteiger partial charge is 0.307 e. The molecule has 1 unspecified atom stereocenters. The zero-order valence-corrected chi connectivity index (χ0v) is 24.2. The summed E-state index contributed by atoms with van der Waals surface area (Å²) in [6.45, 7) is 9.08. The monoisotopic (exact) mass is 506 g/mol. The summed E-state index contributed by atoms with van der Waals surface area (Å²) in [5, 5.41) is 9.54. The maximum absolute atomic E-state index is 12.4. The minimum atomic E-state index is -0.908. The molecule has 4 heteroatoms. The number of rotatable bonds is 20. The van der Waals surface area contributed by atoms with Gasteiger partial charge in [-0.15, -0.1) is 0 Å². The standard InChI is InChI=1S/C32H58O4/c1-5-6-7-8-9-10-11-12-13-14-15-16-17-18-19-20-21-27(31(34)35)26-30(33)36-29-24-22-28(23-25-29)32(2,3)4/h19-20,27-29H,5-18,21-26H2,1-4H3,(H,34,35)/b20-19+. The van der Waals surface area contributed by atoms with Crippen molar-refractivity contribution in [1.82, 2.24) is 0 Å². The van der Waals surface area contributed by atoms with Gasteiger partial charge in [0.1, 0.15) is 6.10 Å². The van der Waals surface area contributed by atoms with Gasteiger partial charge in [0.25, 0.3) is 0 Å². The first-order chi connectivity index (χ1) is 17.2. The molecule has 1 fully saturated rings. The van der Waals surface area contributed by atoms with E-state index in [0.717, 1.165) is 38.5 Å². The normalized spacial score (nSPS) is 19.4. The quantitative estimate of drug-likeness (QED) is 0.101. The molecule has 0 spiro atoms. The summed E-state index contributed by atoms with van der Waals surface area (Å²) >= 11 is 0. The van der Waals surface area contributed by atoms with Gasteiger partial charge in [-0.25, -0.2) is 0 Å². The number of allylic oxidation sites excluding steroid dienone is 2. The van der Waals surface area contributed by atoms with Crippen LogP contribution in [0, 0.1) is 17.3 Å². The molecule has 210 valence electrons. The molecule has 36 heavy (non-hydrogen) atoms. The van der Waals surface area contributed by atoms with Gasteiger partial charge < -0.3 is 9.84 Å². The third kappa shape index (κ3) is 16.4. The Labute approximate surface area is 223 Å². The number of carboxylic acids is 1. The van der Waals surface area contributed by atoms with Crippen LogP contribution in [0.15, 0.2) is 12.2 Å². The predicted molar refractivity (Wildman–Crippen MR) is 151 cm³/mol. The van der Waals surface area contributed by atoms with E-state index in [1.165, 1.54) is 77.0 Å². The van der Waals surface area contributed by atoms with E-state index in [9.17, 15) is 14.7 Å². The van der Waals surface area contributed by atoms with Gasteiger partial charge >= 0.3 is 11.9 Å². The Balaban J connectivity index is 2.06. The van der Waals surface area contributed by atoms with Crippen LogP contribution in [0.3, 0.4) is 0 Å². The van der Waals surface area contributed by atoms with Crippen molar-refractivity contribution in [2.24, 2.45) is 17.3 Å². The van der Waals surface area contributed by atoms with E-state index in [0.29, 0.717) is 17.8 Å². The molecule has 0 aromatic heterocycles. The first-order valence-corrected chi connectivity index (χ1v) is 15.3. The molecule has 1 rings (SSSR count). The first kappa shape index (κ1) is 32.7. The maximum atomic E-state index is 12.4. The van der Waals surface area contributed by atoms with Crippen LogP contribution >= 0.6 is 0 Å². The van der Waals surface area contributed by atoms with E-state index in [1.54, 1.807) is 0 Å². The largest absolute Gasteiger partial charge is 0.481 e. The highest BCUT2D eigenvalue weighted by atomic mass is 16.5. The van der Waals surface area contributed by atoms with Gasteiger partial charge in [0, 0.05) is 0 Å². The fourth-order valence-electron chi connectivity index (χ4n) is 5.41. The Bertz CT molecular complexity index is 596. The summed E-state index contributed by atoms with van der Waals surface area (Å²) in [7, 11) is 0. The highest BCUT2D eigenvalue weighted by molar-refractivity contribution is 5.79. The van der Waals surface area contributed by atoms with Crippen LogP contribution in [0.5, 0.6) is 0 Å². The highest BCUT2D eigenvalue weighted by Crippen LogP contribution is 2.38. The van der Waals surface area contributed by atoms with E-state index in [2.05, 4.69) is 33.8 Å². The second-order valence-electron chi connectivity index (χ2n) is 12.3. The van der Waals surface area contributed by atoms with Crippen LogP contribution in [-0.4, -0.2) is 23.1 Å². The van der Waals surface area contributed by atoms with Crippen molar-refractivity contribution < 1.29 is 19.4 Å². The van der Waals surface area contributed by atoms with Gasteiger partial charge in [-0.05, 0) is 56.3 Å². The molecule has 1 aliphatic carbocycles. The zero-order chi connectivity index (χ0) is 26.7. The van der Waals surface area contributed by atoms with Crippen molar-refractivity contribution in [2.75, 3.05) is 0 Å². The summed E-state index contributed by atoms with van der Waals surface area (Å²) < 4.78 is 5.64. The second-order valence-corrected chi connectivity index (χ2v) is 12.3. The molecule has 0 aromatic rings. The van der Waals surface area contributed by atoms with E-state index in [1.807, 2.05) is 6.08 Å². The molecule has 0 aliphatic heterocycles. The van der Waals surface area contributed by atoms with Gasteiger partial charge in [-0.3, -0.25) is 9.59 Å². The van der Waals surface area contributed by atoms with Crippen molar-refractivity contribution in [3.8, 4) is 0 Å². The van der Waals surface area contributed by atoms with Gasteiger partial charge in [-0.2, -0.15) is 0 Å². The van der Waals surface area contributed by atoms with Gasteiger partial charge in [0.05, 0.1) is 12.3 Å². The number of carboxylic acid groups (broad SMARTS) is 1. The Morgan fingerprint density at radius 1 is 0.806 bits per heavy atom. The van der Waals surface area contributed by atoms with E-state index < -0.39 is 11.9 Å². The number of carbonyl (C=O) groups is 2. The third-order valence-corrected chi connectivity index (χ3v) is 8.02. The molecule has 0 amide bonds. The molecule has 1 aliphatic rings. The SMILES string of the molecule is CCCCCCCCCCCCCCC/C=C/CC(CC(=O)OC1CCC(C(C)(C)C)CC1)C(=O)O. The molecule has 0 aromatic carbocycles. The van der Waals surface area contributed by atoms with E-state index in [4.69, 9.17) is 4.74 Å². The average molecular weight is 507 g/mol. The number of hydrogen-bond donors (Lipinski definition) is 1. The summed E-state index contributed by atoms with van der Waals surface area (Å²) in [5.41, 5.74) is 0.294. The second kappa shape index (κ2) is 19.7. The summed E-state index contributed by atoms with van der Waals surface area (Å²) in [6.07, 6.45) is 26.8. The fraction of sp³-hybridized carbons (Fsp3) is 0.875. The summed E-state index contributed by atoms with van der Waals surface area (Å²) in [5.74, 6) is -1.29. The molecule has 0 radical (unpaired) electrons. The van der Waals surface area contributed by atoms with Crippen molar-refractivity contribution >= 4 is 11.9 Å². The molecule has 0 saturated heterocycles.